The molecule has 1 aromatic rings. The van der Waals surface area contributed by atoms with E-state index in [9.17, 15) is 0 Å². The van der Waals surface area contributed by atoms with Gasteiger partial charge in [-0.05, 0) is 39.8 Å². The van der Waals surface area contributed by atoms with Crippen molar-refractivity contribution in [2.75, 3.05) is 5.73 Å². The summed E-state index contributed by atoms with van der Waals surface area (Å²) in [5, 5.41) is 0.342. The topological polar surface area (TPSA) is 57.4 Å². The first-order valence-corrected chi connectivity index (χ1v) is 5.88. The smallest absolute Gasteiger partial charge is 0.399 e. The largest absolute Gasteiger partial charge is 0.514 e. The lowest BCUT2D eigenvalue weighted by molar-refractivity contribution is 0.00578. The van der Waals surface area contributed by atoms with Crippen LogP contribution >= 0.6 is 11.6 Å². The highest BCUT2D eigenvalue weighted by atomic mass is 35.5. The standard InChI is InChI=1S/C11H16BClN2O2/c1-10(2)11(3,4)17-12(16-10)8-5-7(14)6-9(13)15-8/h5-6H,1-4H3,(H2,14,15). The zero-order valence-corrected chi connectivity index (χ0v) is 11.2. The van der Waals surface area contributed by atoms with E-state index in [0.29, 0.717) is 16.4 Å². The third kappa shape index (κ3) is 2.27. The van der Waals surface area contributed by atoms with Gasteiger partial charge in [-0.1, -0.05) is 11.6 Å². The van der Waals surface area contributed by atoms with E-state index < -0.39 is 18.3 Å². The molecule has 1 aliphatic heterocycles. The highest BCUT2D eigenvalue weighted by molar-refractivity contribution is 6.61. The van der Waals surface area contributed by atoms with Crippen LogP contribution in [-0.2, 0) is 9.31 Å². The minimum Gasteiger partial charge on any atom is -0.399 e. The maximum Gasteiger partial charge on any atom is 0.514 e. The van der Waals surface area contributed by atoms with Crippen LogP contribution in [-0.4, -0.2) is 23.3 Å². The highest BCUT2D eigenvalue weighted by Crippen LogP contribution is 2.36. The number of nitrogens with zero attached hydrogens (tertiary/aromatic N) is 1. The molecular formula is C11H16BClN2O2. The van der Waals surface area contributed by atoms with Gasteiger partial charge in [0.1, 0.15) is 5.15 Å². The van der Waals surface area contributed by atoms with E-state index in [1.54, 1.807) is 12.1 Å². The Balaban J connectivity index is 2.32. The summed E-state index contributed by atoms with van der Waals surface area (Å²) in [5.74, 6) is 0. The fourth-order valence-corrected chi connectivity index (χ4v) is 1.85. The third-order valence-electron chi connectivity index (χ3n) is 3.33. The molecule has 0 aliphatic carbocycles. The van der Waals surface area contributed by atoms with Crippen molar-refractivity contribution in [1.82, 2.24) is 4.98 Å². The van der Waals surface area contributed by atoms with Crippen LogP contribution in [0.2, 0.25) is 5.15 Å². The minimum atomic E-state index is -0.527. The van der Waals surface area contributed by atoms with Crippen molar-refractivity contribution in [3.63, 3.8) is 0 Å². The van der Waals surface area contributed by atoms with Crippen LogP contribution in [0.5, 0.6) is 0 Å². The molecule has 0 saturated carbocycles. The SMILES string of the molecule is CC1(C)OB(c2cc(N)cc(Cl)n2)OC1(C)C. The molecule has 4 nitrogen and oxygen atoms in total. The predicted octanol–water partition coefficient (Wildman–Crippen LogP) is 1.62. The fourth-order valence-electron chi connectivity index (χ4n) is 1.62. The number of nitrogens with two attached hydrogens (primary N) is 1. The number of halogens is 1. The summed E-state index contributed by atoms with van der Waals surface area (Å²) in [4.78, 5) is 4.18. The van der Waals surface area contributed by atoms with Crippen molar-refractivity contribution in [2.24, 2.45) is 0 Å². The summed E-state index contributed by atoms with van der Waals surface area (Å²) < 4.78 is 11.7. The van der Waals surface area contributed by atoms with Crippen molar-refractivity contribution in [3.8, 4) is 0 Å². The van der Waals surface area contributed by atoms with Gasteiger partial charge in [-0.2, -0.15) is 0 Å². The molecule has 0 bridgehead atoms. The van der Waals surface area contributed by atoms with Crippen LogP contribution in [0.4, 0.5) is 5.69 Å². The molecule has 6 heteroatoms. The van der Waals surface area contributed by atoms with Gasteiger partial charge in [-0.15, -0.1) is 0 Å². The quantitative estimate of drug-likeness (QED) is 0.611. The van der Waals surface area contributed by atoms with E-state index >= 15 is 0 Å². The molecule has 92 valence electrons. The summed E-state index contributed by atoms with van der Waals surface area (Å²) in [6.07, 6.45) is 0. The Morgan fingerprint density at radius 1 is 1.18 bits per heavy atom. The van der Waals surface area contributed by atoms with Crippen LogP contribution in [0.1, 0.15) is 27.7 Å². The summed E-state index contributed by atoms with van der Waals surface area (Å²) >= 11 is 5.87. The fraction of sp³-hybridized carbons (Fsp3) is 0.545. The number of pyridine rings is 1. The van der Waals surface area contributed by atoms with Crippen LogP contribution in [0.15, 0.2) is 12.1 Å². The number of hydrogen-bond acceptors (Lipinski definition) is 4. The highest BCUT2D eigenvalue weighted by Gasteiger charge is 2.52. The van der Waals surface area contributed by atoms with Crippen LogP contribution in [0.3, 0.4) is 0 Å². The van der Waals surface area contributed by atoms with Crippen molar-refractivity contribution in [2.45, 2.75) is 38.9 Å². The summed E-state index contributed by atoms with van der Waals surface area (Å²) in [7, 11) is -0.527. The Hall–Kier alpha value is -0.775. The van der Waals surface area contributed by atoms with Gasteiger partial charge in [-0.3, -0.25) is 0 Å². The number of nitrogen functional groups attached to an aromatic ring is 1. The molecule has 0 radical (unpaired) electrons. The van der Waals surface area contributed by atoms with Gasteiger partial charge in [-0.25, -0.2) is 4.98 Å². The van der Waals surface area contributed by atoms with Gasteiger partial charge in [0.2, 0.25) is 0 Å². The average molecular weight is 255 g/mol. The second-order valence-corrected chi connectivity index (χ2v) is 5.62. The summed E-state index contributed by atoms with van der Waals surface area (Å²) in [6.45, 7) is 7.95. The summed E-state index contributed by atoms with van der Waals surface area (Å²) in [5.41, 5.74) is 6.10. The molecule has 1 aromatic heterocycles. The molecule has 2 rings (SSSR count). The van der Waals surface area contributed by atoms with Gasteiger partial charge in [0, 0.05) is 5.69 Å². The zero-order chi connectivity index (χ0) is 12.8. The predicted molar refractivity (Wildman–Crippen MR) is 69.4 cm³/mol. The van der Waals surface area contributed by atoms with Gasteiger partial charge in [0.15, 0.2) is 0 Å². The molecular weight excluding hydrogens is 238 g/mol. The first-order chi connectivity index (χ1) is 7.71. The summed E-state index contributed by atoms with van der Waals surface area (Å²) in [6, 6.07) is 3.31. The molecule has 2 heterocycles. The molecule has 0 amide bonds. The maximum atomic E-state index is 5.87. The van der Waals surface area contributed by atoms with Crippen LogP contribution < -0.4 is 11.3 Å². The monoisotopic (exact) mass is 254 g/mol. The van der Waals surface area contributed by atoms with E-state index in [0.717, 1.165) is 0 Å². The Labute approximate surface area is 107 Å². The van der Waals surface area contributed by atoms with Crippen molar-refractivity contribution < 1.29 is 9.31 Å². The molecule has 1 fully saturated rings. The second-order valence-electron chi connectivity index (χ2n) is 5.24. The number of anilines is 1. The van der Waals surface area contributed by atoms with E-state index in [-0.39, 0.29) is 0 Å². The van der Waals surface area contributed by atoms with Gasteiger partial charge in [0.05, 0.1) is 16.8 Å². The van der Waals surface area contributed by atoms with Crippen LogP contribution in [0.25, 0.3) is 0 Å². The molecule has 1 saturated heterocycles. The van der Waals surface area contributed by atoms with Gasteiger partial charge < -0.3 is 15.0 Å². The molecule has 0 unspecified atom stereocenters. The lowest BCUT2D eigenvalue weighted by Crippen LogP contribution is -2.41. The number of rotatable bonds is 1. The van der Waals surface area contributed by atoms with E-state index in [4.69, 9.17) is 26.6 Å². The molecule has 1 aliphatic rings. The maximum absolute atomic E-state index is 5.87. The molecule has 2 N–H and O–H groups in total. The van der Waals surface area contributed by atoms with Gasteiger partial charge >= 0.3 is 7.12 Å². The molecule has 0 atom stereocenters. The second kappa shape index (κ2) is 3.87. The van der Waals surface area contributed by atoms with Gasteiger partial charge in [0.25, 0.3) is 0 Å². The van der Waals surface area contributed by atoms with Crippen LogP contribution in [0, 0.1) is 0 Å². The normalized spacial score (nSPS) is 21.8. The average Bonchev–Trinajstić information content (AvgIpc) is 2.34. The third-order valence-corrected chi connectivity index (χ3v) is 3.52. The number of hydrogen-bond donors (Lipinski definition) is 1. The Morgan fingerprint density at radius 3 is 2.18 bits per heavy atom. The van der Waals surface area contributed by atoms with E-state index in [1.165, 1.54) is 0 Å². The lowest BCUT2D eigenvalue weighted by atomic mass is 9.84. The van der Waals surface area contributed by atoms with Crippen molar-refractivity contribution >= 4 is 30.0 Å². The van der Waals surface area contributed by atoms with E-state index in [2.05, 4.69) is 4.98 Å². The Kier molecular flexibility index (Phi) is 2.88. The molecule has 17 heavy (non-hydrogen) atoms. The number of aromatic nitrogens is 1. The van der Waals surface area contributed by atoms with E-state index in [1.807, 2.05) is 27.7 Å². The Morgan fingerprint density at radius 2 is 1.71 bits per heavy atom. The first-order valence-electron chi connectivity index (χ1n) is 5.50. The van der Waals surface area contributed by atoms with Crippen molar-refractivity contribution in [3.05, 3.63) is 17.3 Å². The zero-order valence-electron chi connectivity index (χ0n) is 10.5. The minimum absolute atomic E-state index is 0.342. The first kappa shape index (κ1) is 12.7. The molecule has 0 aromatic carbocycles. The molecule has 0 spiro atoms. The van der Waals surface area contributed by atoms with Crippen molar-refractivity contribution in [1.29, 1.82) is 0 Å². The Bertz CT molecular complexity index is 415. The lowest BCUT2D eigenvalue weighted by Gasteiger charge is -2.32.